The maximum absolute atomic E-state index is 13.0. The molecule has 0 atom stereocenters. The Balaban J connectivity index is 1.56. The number of anilines is 1. The number of hydrogen-bond acceptors (Lipinski definition) is 6. The molecule has 1 amide bonds. The summed E-state index contributed by atoms with van der Waals surface area (Å²) in [6.07, 6.45) is -2.75. The predicted octanol–water partition coefficient (Wildman–Crippen LogP) is 1.28. The van der Waals surface area contributed by atoms with Gasteiger partial charge in [0.05, 0.1) is 25.2 Å². The van der Waals surface area contributed by atoms with Gasteiger partial charge in [-0.3, -0.25) is 4.79 Å². The lowest BCUT2D eigenvalue weighted by atomic mass is 9.88. The molecule has 8 nitrogen and oxygen atoms in total. The highest BCUT2D eigenvalue weighted by molar-refractivity contribution is 5.73. The quantitative estimate of drug-likeness (QED) is 0.797. The standard InChI is InChI=1S/C16H20F2N6O2/c1-10(25)22-6-15(2,3)26-16(7-22)8-23(9-16)12-5-4-11-19-20-14(13(17)18)24(11)21-12/h4-5,13H,6-9H2,1-3H3. The van der Waals surface area contributed by atoms with Gasteiger partial charge in [0, 0.05) is 13.5 Å². The van der Waals surface area contributed by atoms with Gasteiger partial charge in [-0.25, -0.2) is 8.78 Å². The van der Waals surface area contributed by atoms with Crippen LogP contribution in [-0.2, 0) is 9.53 Å². The van der Waals surface area contributed by atoms with Crippen molar-refractivity contribution < 1.29 is 18.3 Å². The number of morpholine rings is 1. The molecule has 0 N–H and O–H groups in total. The van der Waals surface area contributed by atoms with E-state index in [2.05, 4.69) is 15.3 Å². The Hall–Kier alpha value is -2.36. The van der Waals surface area contributed by atoms with Crippen molar-refractivity contribution in [2.75, 3.05) is 31.1 Å². The minimum absolute atomic E-state index is 0.0183. The number of carbonyl (C=O) groups excluding carboxylic acids is 1. The molecule has 2 saturated heterocycles. The Morgan fingerprint density at radius 3 is 2.58 bits per heavy atom. The third kappa shape index (κ3) is 2.77. The molecule has 0 aliphatic carbocycles. The van der Waals surface area contributed by atoms with Crippen LogP contribution in [-0.4, -0.2) is 68.0 Å². The molecule has 2 fully saturated rings. The van der Waals surface area contributed by atoms with Crippen LogP contribution in [0.15, 0.2) is 12.1 Å². The van der Waals surface area contributed by atoms with Crippen molar-refractivity contribution >= 4 is 17.4 Å². The zero-order chi connectivity index (χ0) is 18.7. The Labute approximate surface area is 148 Å². The normalized spacial score (nSPS) is 21.5. The van der Waals surface area contributed by atoms with E-state index in [-0.39, 0.29) is 11.6 Å². The van der Waals surface area contributed by atoms with Crippen molar-refractivity contribution in [1.29, 1.82) is 0 Å². The van der Waals surface area contributed by atoms with Crippen LogP contribution in [0.5, 0.6) is 0 Å². The zero-order valence-corrected chi connectivity index (χ0v) is 14.8. The minimum atomic E-state index is -2.75. The van der Waals surface area contributed by atoms with Crippen LogP contribution in [0.1, 0.15) is 33.0 Å². The number of ether oxygens (including phenoxy) is 1. The van der Waals surface area contributed by atoms with Crippen LogP contribution in [0.3, 0.4) is 0 Å². The number of carbonyl (C=O) groups is 1. The zero-order valence-electron chi connectivity index (χ0n) is 14.8. The predicted molar refractivity (Wildman–Crippen MR) is 88.1 cm³/mol. The first kappa shape index (κ1) is 17.1. The maximum Gasteiger partial charge on any atom is 0.299 e. The van der Waals surface area contributed by atoms with Crippen molar-refractivity contribution in [3.05, 3.63) is 18.0 Å². The molecule has 140 valence electrons. The molecular weight excluding hydrogens is 346 g/mol. The van der Waals surface area contributed by atoms with E-state index < -0.39 is 23.5 Å². The summed E-state index contributed by atoms with van der Waals surface area (Å²) in [5, 5.41) is 11.4. The van der Waals surface area contributed by atoms with Gasteiger partial charge in [-0.2, -0.15) is 4.52 Å². The number of fused-ring (bicyclic) bond motifs is 1. The van der Waals surface area contributed by atoms with E-state index in [1.54, 1.807) is 24.0 Å². The summed E-state index contributed by atoms with van der Waals surface area (Å²) in [7, 11) is 0. The van der Waals surface area contributed by atoms with Crippen molar-refractivity contribution in [2.24, 2.45) is 0 Å². The van der Waals surface area contributed by atoms with Crippen molar-refractivity contribution in [1.82, 2.24) is 24.7 Å². The summed E-state index contributed by atoms with van der Waals surface area (Å²) in [6, 6.07) is 3.34. The third-order valence-corrected chi connectivity index (χ3v) is 4.74. The SMILES string of the molecule is CC(=O)N1CC(C)(C)OC2(C1)CN(c1ccc3nnc(C(F)F)n3n1)C2. The van der Waals surface area contributed by atoms with Gasteiger partial charge in [-0.15, -0.1) is 15.3 Å². The van der Waals surface area contributed by atoms with E-state index in [0.29, 0.717) is 32.0 Å². The molecule has 26 heavy (non-hydrogen) atoms. The molecule has 2 aromatic rings. The van der Waals surface area contributed by atoms with E-state index in [1.807, 2.05) is 18.7 Å². The number of halogens is 2. The first-order chi connectivity index (χ1) is 12.2. The second-order valence-electron chi connectivity index (χ2n) is 7.60. The maximum atomic E-state index is 13.0. The average Bonchev–Trinajstić information content (AvgIpc) is 2.94. The third-order valence-electron chi connectivity index (χ3n) is 4.74. The number of aromatic nitrogens is 4. The molecule has 0 unspecified atom stereocenters. The van der Waals surface area contributed by atoms with Crippen molar-refractivity contribution in [2.45, 2.75) is 38.4 Å². The molecule has 2 aromatic heterocycles. The smallest absolute Gasteiger partial charge is 0.299 e. The summed E-state index contributed by atoms with van der Waals surface area (Å²) < 4.78 is 33.3. The van der Waals surface area contributed by atoms with Gasteiger partial charge in [0.1, 0.15) is 11.4 Å². The molecule has 2 aliphatic heterocycles. The Morgan fingerprint density at radius 1 is 1.19 bits per heavy atom. The van der Waals surface area contributed by atoms with Gasteiger partial charge in [0.25, 0.3) is 6.43 Å². The fourth-order valence-electron chi connectivity index (χ4n) is 3.81. The fraction of sp³-hybridized carbons (Fsp3) is 0.625. The molecule has 2 aliphatic rings. The lowest BCUT2D eigenvalue weighted by Gasteiger charge is -2.58. The number of nitrogens with zero attached hydrogens (tertiary/aromatic N) is 6. The number of rotatable bonds is 2. The first-order valence-corrected chi connectivity index (χ1v) is 8.39. The summed E-state index contributed by atoms with van der Waals surface area (Å²) >= 11 is 0. The Morgan fingerprint density at radius 2 is 1.92 bits per heavy atom. The van der Waals surface area contributed by atoms with Gasteiger partial charge in [0.15, 0.2) is 5.65 Å². The van der Waals surface area contributed by atoms with E-state index >= 15 is 0 Å². The first-order valence-electron chi connectivity index (χ1n) is 8.39. The lowest BCUT2D eigenvalue weighted by Crippen LogP contribution is -2.74. The van der Waals surface area contributed by atoms with E-state index in [0.717, 1.165) is 4.52 Å². The highest BCUT2D eigenvalue weighted by Crippen LogP contribution is 2.37. The number of hydrogen-bond donors (Lipinski definition) is 0. The van der Waals surface area contributed by atoms with Crippen LogP contribution >= 0.6 is 0 Å². The molecule has 1 spiro atoms. The van der Waals surface area contributed by atoms with E-state index in [9.17, 15) is 13.6 Å². The van der Waals surface area contributed by atoms with Crippen LogP contribution < -0.4 is 4.90 Å². The summed E-state index contributed by atoms with van der Waals surface area (Å²) in [4.78, 5) is 15.6. The lowest BCUT2D eigenvalue weighted by molar-refractivity contribution is -0.207. The van der Waals surface area contributed by atoms with Gasteiger partial charge in [-0.1, -0.05) is 0 Å². The monoisotopic (exact) mass is 366 g/mol. The minimum Gasteiger partial charge on any atom is -0.362 e. The Bertz CT molecular complexity index is 862. The molecule has 10 heteroatoms. The van der Waals surface area contributed by atoms with Crippen LogP contribution in [0, 0.1) is 0 Å². The van der Waals surface area contributed by atoms with Gasteiger partial charge < -0.3 is 14.5 Å². The van der Waals surface area contributed by atoms with Gasteiger partial charge >= 0.3 is 0 Å². The van der Waals surface area contributed by atoms with E-state index in [4.69, 9.17) is 4.74 Å². The van der Waals surface area contributed by atoms with Crippen molar-refractivity contribution in [3.63, 3.8) is 0 Å². The molecule has 0 bridgehead atoms. The molecule has 0 aromatic carbocycles. The van der Waals surface area contributed by atoms with Crippen molar-refractivity contribution in [3.8, 4) is 0 Å². The Kier molecular flexibility index (Phi) is 3.66. The van der Waals surface area contributed by atoms with Gasteiger partial charge in [-0.05, 0) is 26.0 Å². The average molecular weight is 366 g/mol. The molecular formula is C16H20F2N6O2. The van der Waals surface area contributed by atoms with Crippen LogP contribution in [0.25, 0.3) is 5.65 Å². The highest BCUT2D eigenvalue weighted by atomic mass is 19.3. The summed E-state index contributed by atoms with van der Waals surface area (Å²) in [5.74, 6) is 0.0888. The number of amides is 1. The highest BCUT2D eigenvalue weighted by Gasteiger charge is 2.53. The van der Waals surface area contributed by atoms with Crippen LogP contribution in [0.2, 0.25) is 0 Å². The summed E-state index contributed by atoms with van der Waals surface area (Å²) in [6.45, 7) is 7.60. The molecule has 4 heterocycles. The second kappa shape index (κ2) is 5.57. The molecule has 0 saturated carbocycles. The topological polar surface area (TPSA) is 75.9 Å². The second-order valence-corrected chi connectivity index (χ2v) is 7.60. The number of alkyl halides is 2. The summed E-state index contributed by atoms with van der Waals surface area (Å²) in [5.41, 5.74) is -0.634. The largest absolute Gasteiger partial charge is 0.362 e. The van der Waals surface area contributed by atoms with Crippen LogP contribution in [0.4, 0.5) is 14.6 Å². The fourth-order valence-corrected chi connectivity index (χ4v) is 3.81. The molecule has 4 rings (SSSR count). The molecule has 0 radical (unpaired) electrons. The van der Waals surface area contributed by atoms with Gasteiger partial charge in [0.2, 0.25) is 11.7 Å². The van der Waals surface area contributed by atoms with E-state index in [1.165, 1.54) is 0 Å².